The molecule has 0 saturated carbocycles. The van der Waals surface area contributed by atoms with E-state index in [1.165, 1.54) is 0 Å². The molecule has 0 amide bonds. The number of benzene rings is 1. The van der Waals surface area contributed by atoms with Crippen molar-refractivity contribution in [2.24, 2.45) is 0 Å². The van der Waals surface area contributed by atoms with Gasteiger partial charge in [-0.1, -0.05) is 13.0 Å². The molecule has 1 aromatic carbocycles. The third-order valence-electron chi connectivity index (χ3n) is 2.62. The highest BCUT2D eigenvalue weighted by Crippen LogP contribution is 2.30. The summed E-state index contributed by atoms with van der Waals surface area (Å²) in [7, 11) is 0. The smallest absolute Gasteiger partial charge is 0.311 e. The molecule has 100 valence electrons. The Morgan fingerprint density at radius 3 is 2.79 bits per heavy atom. The van der Waals surface area contributed by atoms with Crippen LogP contribution >= 0.6 is 27.3 Å². The summed E-state index contributed by atoms with van der Waals surface area (Å²) in [6, 6.07) is 7.03. The normalized spacial score (nSPS) is 10.4. The molecule has 0 bridgehead atoms. The lowest BCUT2D eigenvalue weighted by Gasteiger charge is -2.06. The van der Waals surface area contributed by atoms with Crippen molar-refractivity contribution in [2.75, 3.05) is 0 Å². The highest BCUT2D eigenvalue weighted by atomic mass is 79.9. The molecular formula is C13H12BrNO3S. The van der Waals surface area contributed by atoms with E-state index in [0.29, 0.717) is 12.4 Å². The molecule has 4 nitrogen and oxygen atoms in total. The van der Waals surface area contributed by atoms with Crippen LogP contribution < -0.4 is 4.74 Å². The molecule has 1 heterocycles. The number of nitro benzene ring substituents is 1. The molecule has 0 fully saturated rings. The quantitative estimate of drug-likeness (QED) is 0.591. The molecule has 2 aromatic rings. The van der Waals surface area contributed by atoms with Crippen molar-refractivity contribution in [1.82, 2.24) is 0 Å². The van der Waals surface area contributed by atoms with Crippen LogP contribution in [0.15, 0.2) is 34.1 Å². The van der Waals surface area contributed by atoms with Crippen molar-refractivity contribution >= 4 is 33.0 Å². The monoisotopic (exact) mass is 341 g/mol. The number of thiophene rings is 1. The van der Waals surface area contributed by atoms with Crippen LogP contribution in [0.5, 0.6) is 5.75 Å². The molecule has 0 aliphatic rings. The summed E-state index contributed by atoms with van der Waals surface area (Å²) in [5, 5.41) is 13.0. The average Bonchev–Trinajstić information content (AvgIpc) is 2.82. The Morgan fingerprint density at radius 2 is 2.21 bits per heavy atom. The van der Waals surface area contributed by atoms with Crippen molar-refractivity contribution in [3.63, 3.8) is 0 Å². The summed E-state index contributed by atoms with van der Waals surface area (Å²) in [6.07, 6.45) is 0.763. The van der Waals surface area contributed by atoms with Gasteiger partial charge in [-0.15, -0.1) is 11.3 Å². The summed E-state index contributed by atoms with van der Waals surface area (Å²) < 4.78 is 6.54. The zero-order chi connectivity index (χ0) is 13.8. The van der Waals surface area contributed by atoms with Crippen LogP contribution in [-0.4, -0.2) is 4.92 Å². The fourth-order valence-electron chi connectivity index (χ4n) is 1.63. The van der Waals surface area contributed by atoms with Crippen molar-refractivity contribution in [3.8, 4) is 5.75 Å². The topological polar surface area (TPSA) is 52.4 Å². The van der Waals surface area contributed by atoms with E-state index in [4.69, 9.17) is 4.74 Å². The molecule has 0 saturated heterocycles. The first-order valence-corrected chi connectivity index (χ1v) is 7.40. The first kappa shape index (κ1) is 14.0. The van der Waals surface area contributed by atoms with Crippen LogP contribution in [0.4, 0.5) is 5.69 Å². The highest BCUT2D eigenvalue weighted by Gasteiger charge is 2.15. The van der Waals surface area contributed by atoms with Crippen LogP contribution in [0.2, 0.25) is 0 Å². The van der Waals surface area contributed by atoms with Gasteiger partial charge in [0, 0.05) is 20.8 Å². The van der Waals surface area contributed by atoms with E-state index >= 15 is 0 Å². The summed E-state index contributed by atoms with van der Waals surface area (Å²) >= 11 is 4.91. The molecular weight excluding hydrogens is 330 g/mol. The molecule has 6 heteroatoms. The van der Waals surface area contributed by atoms with E-state index in [1.807, 2.05) is 24.4 Å². The first-order valence-electron chi connectivity index (χ1n) is 5.73. The second-order valence-corrected chi connectivity index (χ2v) is 5.84. The number of nitrogens with zero attached hydrogens (tertiary/aromatic N) is 1. The van der Waals surface area contributed by atoms with Crippen LogP contribution in [0.1, 0.15) is 17.4 Å². The number of ether oxygens (including phenoxy) is 1. The number of hydrogen-bond acceptors (Lipinski definition) is 4. The van der Waals surface area contributed by atoms with Gasteiger partial charge in [0.1, 0.15) is 6.61 Å². The van der Waals surface area contributed by atoms with Gasteiger partial charge in [-0.2, -0.15) is 0 Å². The van der Waals surface area contributed by atoms with Crippen molar-refractivity contribution in [3.05, 3.63) is 54.7 Å². The van der Waals surface area contributed by atoms with E-state index < -0.39 is 4.92 Å². The van der Waals surface area contributed by atoms with Gasteiger partial charge in [-0.25, -0.2) is 0 Å². The molecule has 1 aromatic heterocycles. The molecule has 2 rings (SSSR count). The lowest BCUT2D eigenvalue weighted by molar-refractivity contribution is -0.386. The van der Waals surface area contributed by atoms with E-state index in [9.17, 15) is 10.1 Å². The minimum absolute atomic E-state index is 0.0231. The Hall–Kier alpha value is -1.40. The largest absolute Gasteiger partial charge is 0.481 e. The summed E-state index contributed by atoms with van der Waals surface area (Å²) in [4.78, 5) is 11.6. The Kier molecular flexibility index (Phi) is 4.55. The molecule has 0 aliphatic heterocycles. The molecule has 0 unspecified atom stereocenters. The molecule has 0 spiro atoms. The lowest BCUT2D eigenvalue weighted by Crippen LogP contribution is -1.98. The second kappa shape index (κ2) is 6.16. The number of halogens is 1. The molecule has 0 atom stereocenters. The van der Waals surface area contributed by atoms with Crippen LogP contribution in [0, 0.1) is 10.1 Å². The zero-order valence-electron chi connectivity index (χ0n) is 10.3. The van der Waals surface area contributed by atoms with Gasteiger partial charge in [0.15, 0.2) is 5.75 Å². The Bertz CT molecular complexity index is 597. The molecule has 19 heavy (non-hydrogen) atoms. The van der Waals surface area contributed by atoms with E-state index in [1.54, 1.807) is 23.5 Å². The fourth-order valence-corrected chi connectivity index (χ4v) is 2.99. The van der Waals surface area contributed by atoms with Crippen molar-refractivity contribution in [1.29, 1.82) is 0 Å². The predicted molar refractivity (Wildman–Crippen MR) is 78.8 cm³/mol. The molecule has 0 aliphatic carbocycles. The third-order valence-corrected chi connectivity index (χ3v) is 4.29. The van der Waals surface area contributed by atoms with E-state index in [0.717, 1.165) is 21.3 Å². The Labute approximate surface area is 123 Å². The minimum atomic E-state index is -0.404. The maximum atomic E-state index is 11.0. The maximum Gasteiger partial charge on any atom is 0.311 e. The second-order valence-electron chi connectivity index (χ2n) is 3.93. The Balaban J connectivity index is 2.17. The van der Waals surface area contributed by atoms with E-state index in [2.05, 4.69) is 15.9 Å². The SMILES string of the molecule is CCc1ccc(OCc2cc(Br)cs2)c([N+](=O)[O-])c1. The zero-order valence-corrected chi connectivity index (χ0v) is 12.7. The fraction of sp³-hybridized carbons (Fsp3) is 0.231. The van der Waals surface area contributed by atoms with Gasteiger partial charge in [-0.3, -0.25) is 10.1 Å². The van der Waals surface area contributed by atoms with E-state index in [-0.39, 0.29) is 5.69 Å². The summed E-state index contributed by atoms with van der Waals surface area (Å²) in [5.74, 6) is 0.312. The number of nitro groups is 1. The molecule has 0 radical (unpaired) electrons. The average molecular weight is 342 g/mol. The number of rotatable bonds is 5. The lowest BCUT2D eigenvalue weighted by atomic mass is 10.1. The molecule has 0 N–H and O–H groups in total. The number of aryl methyl sites for hydroxylation is 1. The maximum absolute atomic E-state index is 11.0. The van der Waals surface area contributed by atoms with Crippen molar-refractivity contribution < 1.29 is 9.66 Å². The van der Waals surface area contributed by atoms with Crippen LogP contribution in [0.3, 0.4) is 0 Å². The standard InChI is InChI=1S/C13H12BrNO3S/c1-2-9-3-4-13(12(5-9)15(16)17)18-7-11-6-10(14)8-19-11/h3-6,8H,2,7H2,1H3. The first-order chi connectivity index (χ1) is 9.10. The van der Waals surface area contributed by atoms with Gasteiger partial charge in [0.2, 0.25) is 0 Å². The number of hydrogen-bond donors (Lipinski definition) is 0. The third kappa shape index (κ3) is 3.54. The minimum Gasteiger partial charge on any atom is -0.481 e. The Morgan fingerprint density at radius 1 is 1.42 bits per heavy atom. The van der Waals surface area contributed by atoms with Gasteiger partial charge in [0.05, 0.1) is 4.92 Å². The summed E-state index contributed by atoms with van der Waals surface area (Å²) in [5.41, 5.74) is 0.952. The van der Waals surface area contributed by atoms with Gasteiger partial charge < -0.3 is 4.74 Å². The summed E-state index contributed by atoms with van der Waals surface area (Å²) in [6.45, 7) is 2.30. The van der Waals surface area contributed by atoms with Gasteiger partial charge in [0.25, 0.3) is 0 Å². The van der Waals surface area contributed by atoms with Gasteiger partial charge >= 0.3 is 5.69 Å². The van der Waals surface area contributed by atoms with Crippen LogP contribution in [0.25, 0.3) is 0 Å². The predicted octanol–water partition coefficient (Wildman–Crippen LogP) is 4.56. The van der Waals surface area contributed by atoms with Crippen LogP contribution in [-0.2, 0) is 13.0 Å². The van der Waals surface area contributed by atoms with Gasteiger partial charge in [-0.05, 0) is 40.0 Å². The highest BCUT2D eigenvalue weighted by molar-refractivity contribution is 9.10. The van der Waals surface area contributed by atoms with Crippen molar-refractivity contribution in [2.45, 2.75) is 20.0 Å².